The Morgan fingerprint density at radius 1 is 1.00 bits per heavy atom. The van der Waals surface area contributed by atoms with E-state index in [-0.39, 0.29) is 17.7 Å². The van der Waals surface area contributed by atoms with E-state index >= 15 is 0 Å². The van der Waals surface area contributed by atoms with Crippen LogP contribution in [0.1, 0.15) is 50.8 Å². The van der Waals surface area contributed by atoms with Crippen molar-refractivity contribution in [1.29, 1.82) is 0 Å². The maximum absolute atomic E-state index is 12.7. The van der Waals surface area contributed by atoms with E-state index in [1.807, 2.05) is 31.2 Å². The lowest BCUT2D eigenvalue weighted by atomic mass is 10.1. The standard InChI is InChI=1S/C23H25N3O4/c1-2-3-10-26-22(28)19-9-4-16(15-20(19)23(26)29)21(27)24-17-5-7-18(8-6-17)25-11-13-30-14-12-25/h4-9,15H,2-3,10-14H2,1H3,(H,24,27). The molecule has 7 nitrogen and oxygen atoms in total. The Labute approximate surface area is 175 Å². The molecule has 0 unspecified atom stereocenters. The monoisotopic (exact) mass is 407 g/mol. The predicted octanol–water partition coefficient (Wildman–Crippen LogP) is 3.17. The highest BCUT2D eigenvalue weighted by Gasteiger charge is 2.35. The maximum atomic E-state index is 12.7. The predicted molar refractivity (Wildman–Crippen MR) is 114 cm³/mol. The normalized spacial score (nSPS) is 16.0. The molecule has 4 rings (SSSR count). The molecule has 2 heterocycles. The summed E-state index contributed by atoms with van der Waals surface area (Å²) in [5.74, 6) is -0.925. The number of hydrogen-bond donors (Lipinski definition) is 1. The molecule has 0 spiro atoms. The molecule has 2 aliphatic rings. The second-order valence-corrected chi connectivity index (χ2v) is 7.48. The summed E-state index contributed by atoms with van der Waals surface area (Å²) in [6, 6.07) is 12.3. The van der Waals surface area contributed by atoms with Crippen molar-refractivity contribution in [2.24, 2.45) is 0 Å². The largest absolute Gasteiger partial charge is 0.378 e. The smallest absolute Gasteiger partial charge is 0.261 e. The number of ether oxygens (including phenoxy) is 1. The summed E-state index contributed by atoms with van der Waals surface area (Å²) >= 11 is 0. The van der Waals surface area contributed by atoms with Crippen LogP contribution in [0.3, 0.4) is 0 Å². The molecule has 0 radical (unpaired) electrons. The Balaban J connectivity index is 1.45. The van der Waals surface area contributed by atoms with Gasteiger partial charge in [0.05, 0.1) is 24.3 Å². The topological polar surface area (TPSA) is 79.0 Å². The quantitative estimate of drug-likeness (QED) is 0.744. The van der Waals surface area contributed by atoms with Crippen LogP contribution in [0.5, 0.6) is 0 Å². The lowest BCUT2D eigenvalue weighted by molar-refractivity contribution is 0.0652. The molecule has 0 aliphatic carbocycles. The van der Waals surface area contributed by atoms with Gasteiger partial charge in [0.2, 0.25) is 0 Å². The van der Waals surface area contributed by atoms with Crippen molar-refractivity contribution in [2.75, 3.05) is 43.1 Å². The number of nitrogens with zero attached hydrogens (tertiary/aromatic N) is 2. The molecule has 0 saturated carbocycles. The molecule has 1 saturated heterocycles. The number of rotatable bonds is 6. The number of morpholine rings is 1. The molecule has 1 N–H and O–H groups in total. The van der Waals surface area contributed by atoms with E-state index < -0.39 is 0 Å². The SMILES string of the molecule is CCCCN1C(=O)c2ccc(C(=O)Nc3ccc(N4CCOCC4)cc3)cc2C1=O. The maximum Gasteiger partial charge on any atom is 0.261 e. The van der Waals surface area contributed by atoms with Crippen LogP contribution >= 0.6 is 0 Å². The first kappa shape index (κ1) is 20.1. The molecule has 0 bridgehead atoms. The molecule has 1 fully saturated rings. The van der Waals surface area contributed by atoms with Crippen molar-refractivity contribution < 1.29 is 19.1 Å². The third kappa shape index (κ3) is 3.93. The zero-order chi connectivity index (χ0) is 21.1. The number of hydrogen-bond acceptors (Lipinski definition) is 5. The highest BCUT2D eigenvalue weighted by atomic mass is 16.5. The Morgan fingerprint density at radius 3 is 2.40 bits per heavy atom. The van der Waals surface area contributed by atoms with Gasteiger partial charge in [-0.05, 0) is 48.9 Å². The molecule has 0 aromatic heterocycles. The first-order valence-electron chi connectivity index (χ1n) is 10.3. The van der Waals surface area contributed by atoms with Gasteiger partial charge in [-0.25, -0.2) is 0 Å². The Morgan fingerprint density at radius 2 is 1.70 bits per heavy atom. The molecule has 30 heavy (non-hydrogen) atoms. The van der Waals surface area contributed by atoms with Gasteiger partial charge in [0, 0.05) is 36.6 Å². The highest BCUT2D eigenvalue weighted by molar-refractivity contribution is 6.22. The van der Waals surface area contributed by atoms with Crippen LogP contribution in [0.4, 0.5) is 11.4 Å². The molecule has 3 amide bonds. The van der Waals surface area contributed by atoms with Crippen LogP contribution in [0.15, 0.2) is 42.5 Å². The fraction of sp³-hybridized carbons (Fsp3) is 0.348. The van der Waals surface area contributed by atoms with Crippen molar-refractivity contribution in [3.8, 4) is 0 Å². The van der Waals surface area contributed by atoms with E-state index in [2.05, 4.69) is 10.2 Å². The van der Waals surface area contributed by atoms with Crippen molar-refractivity contribution in [2.45, 2.75) is 19.8 Å². The lowest BCUT2D eigenvalue weighted by Crippen LogP contribution is -2.36. The van der Waals surface area contributed by atoms with Crippen LogP contribution in [-0.4, -0.2) is 55.5 Å². The molecule has 2 aliphatic heterocycles. The van der Waals surface area contributed by atoms with Gasteiger partial charge in [-0.15, -0.1) is 0 Å². The van der Waals surface area contributed by atoms with Gasteiger partial charge in [-0.2, -0.15) is 0 Å². The average Bonchev–Trinajstić information content (AvgIpc) is 3.02. The number of unbranched alkanes of at least 4 members (excludes halogenated alkanes) is 1. The number of amides is 3. The summed E-state index contributed by atoms with van der Waals surface area (Å²) in [5, 5.41) is 2.86. The fourth-order valence-electron chi connectivity index (χ4n) is 3.73. The Kier molecular flexibility index (Phi) is 5.81. The number of nitrogens with one attached hydrogen (secondary N) is 1. The molecule has 7 heteroatoms. The van der Waals surface area contributed by atoms with Crippen LogP contribution in [0, 0.1) is 0 Å². The zero-order valence-corrected chi connectivity index (χ0v) is 17.0. The number of benzene rings is 2. The van der Waals surface area contributed by atoms with E-state index in [0.29, 0.717) is 42.1 Å². The number of carbonyl (C=O) groups excluding carboxylic acids is 3. The summed E-state index contributed by atoms with van der Waals surface area (Å²) in [6.07, 6.45) is 1.66. The molecular formula is C23H25N3O4. The van der Waals surface area contributed by atoms with Gasteiger partial charge in [0.1, 0.15) is 0 Å². The Bertz CT molecular complexity index is 965. The number of imide groups is 1. The zero-order valence-electron chi connectivity index (χ0n) is 17.0. The first-order chi connectivity index (χ1) is 14.6. The van der Waals surface area contributed by atoms with Crippen LogP contribution in [0.2, 0.25) is 0 Å². The van der Waals surface area contributed by atoms with Gasteiger partial charge in [0.15, 0.2) is 0 Å². The molecule has 156 valence electrons. The summed E-state index contributed by atoms with van der Waals surface area (Å²) in [4.78, 5) is 41.2. The van der Waals surface area contributed by atoms with Crippen LogP contribution in [-0.2, 0) is 4.74 Å². The van der Waals surface area contributed by atoms with E-state index in [0.717, 1.165) is 31.6 Å². The number of carbonyl (C=O) groups is 3. The van der Waals surface area contributed by atoms with Crippen LogP contribution in [0.25, 0.3) is 0 Å². The lowest BCUT2D eigenvalue weighted by Gasteiger charge is -2.28. The van der Waals surface area contributed by atoms with E-state index in [9.17, 15) is 14.4 Å². The minimum absolute atomic E-state index is 0.283. The van der Waals surface area contributed by atoms with Gasteiger partial charge in [-0.1, -0.05) is 13.3 Å². The third-order valence-corrected chi connectivity index (χ3v) is 5.47. The van der Waals surface area contributed by atoms with E-state index in [1.54, 1.807) is 12.1 Å². The van der Waals surface area contributed by atoms with Crippen molar-refractivity contribution in [1.82, 2.24) is 4.90 Å². The van der Waals surface area contributed by atoms with Crippen LogP contribution < -0.4 is 10.2 Å². The molecule has 0 atom stereocenters. The summed E-state index contributed by atoms with van der Waals surface area (Å²) in [7, 11) is 0. The van der Waals surface area contributed by atoms with Crippen molar-refractivity contribution >= 4 is 29.1 Å². The molecule has 2 aromatic rings. The number of anilines is 2. The van der Waals surface area contributed by atoms with Gasteiger partial charge < -0.3 is 15.0 Å². The van der Waals surface area contributed by atoms with E-state index in [1.165, 1.54) is 11.0 Å². The van der Waals surface area contributed by atoms with Crippen molar-refractivity contribution in [3.63, 3.8) is 0 Å². The van der Waals surface area contributed by atoms with Gasteiger partial charge in [0.25, 0.3) is 17.7 Å². The average molecular weight is 407 g/mol. The molecular weight excluding hydrogens is 382 g/mol. The summed E-state index contributed by atoms with van der Waals surface area (Å²) in [5.41, 5.74) is 2.77. The van der Waals surface area contributed by atoms with Gasteiger partial charge >= 0.3 is 0 Å². The third-order valence-electron chi connectivity index (χ3n) is 5.47. The van der Waals surface area contributed by atoms with Gasteiger partial charge in [-0.3, -0.25) is 19.3 Å². The Hall–Kier alpha value is -3.19. The summed E-state index contributed by atoms with van der Waals surface area (Å²) in [6.45, 7) is 5.54. The second-order valence-electron chi connectivity index (χ2n) is 7.48. The number of fused-ring (bicyclic) bond motifs is 1. The summed E-state index contributed by atoms with van der Waals surface area (Å²) < 4.78 is 5.37. The minimum atomic E-state index is -0.326. The second kappa shape index (κ2) is 8.67. The van der Waals surface area contributed by atoms with Crippen molar-refractivity contribution in [3.05, 3.63) is 59.2 Å². The highest BCUT2D eigenvalue weighted by Crippen LogP contribution is 2.25. The first-order valence-corrected chi connectivity index (χ1v) is 10.3. The molecule has 2 aromatic carbocycles. The fourth-order valence-corrected chi connectivity index (χ4v) is 3.73. The van der Waals surface area contributed by atoms with E-state index in [4.69, 9.17) is 4.74 Å². The minimum Gasteiger partial charge on any atom is -0.378 e.